The van der Waals surface area contributed by atoms with E-state index in [-0.39, 0.29) is 36.6 Å². The second-order valence-electron chi connectivity index (χ2n) is 18.9. The van der Waals surface area contributed by atoms with Crippen LogP contribution in [0.15, 0.2) is 77.1 Å². The maximum absolute atomic E-state index is 13.6. The standard InChI is InChI=1S/C50H52N4O6S2/c1-28-4-8-32(41(57)20-28)42(58)21-30(55)7-5-29-6-13-43-46-37(29)25-61-62-27-50-17-14-31-35-22-52-39-24-54(23-36(35)39)48(60-46)38(49(18-19-59-43)15-2-3-16-49)11-12-40(56)33-9-10-34(45(50)44(31)33)47(51)53-26-50/h4,6,8-10,13-14,17,22-23,28,31-32,38,40-42,47-48,53,56-58H,2-3,5,7,15-16,20-21,24-27,51H2,1H3/p+1. The number of fused-ring (bicyclic) bond motifs is 1. The van der Waals surface area contributed by atoms with Crippen molar-refractivity contribution in [3.05, 3.63) is 105 Å². The van der Waals surface area contributed by atoms with Crippen LogP contribution in [-0.4, -0.2) is 64.1 Å². The van der Waals surface area contributed by atoms with Gasteiger partial charge in [-0.2, -0.15) is 0 Å². The van der Waals surface area contributed by atoms with Gasteiger partial charge >= 0.3 is 0 Å². The number of rotatable bonds is 6. The lowest BCUT2D eigenvalue weighted by atomic mass is 9.64. The first-order valence-corrected chi connectivity index (χ1v) is 24.8. The van der Waals surface area contributed by atoms with Crippen molar-refractivity contribution in [1.29, 1.82) is 0 Å². The minimum Gasteiger partial charge on any atom is -0.437 e. The van der Waals surface area contributed by atoms with Crippen LogP contribution in [0.4, 0.5) is 0 Å². The number of nitrogens with zero attached hydrogens (tertiary/aromatic N) is 1. The highest BCUT2D eigenvalue weighted by atomic mass is 33.1. The van der Waals surface area contributed by atoms with Gasteiger partial charge in [-0.25, -0.2) is 0 Å². The summed E-state index contributed by atoms with van der Waals surface area (Å²) in [6.07, 6.45) is 17.4. The van der Waals surface area contributed by atoms with Gasteiger partial charge < -0.3 is 30.5 Å². The van der Waals surface area contributed by atoms with Crippen LogP contribution in [0.5, 0.6) is 11.5 Å². The number of ether oxygens (including phenoxy) is 2. The Labute approximate surface area is 371 Å². The fourth-order valence-corrected chi connectivity index (χ4v) is 14.4. The van der Waals surface area contributed by atoms with Crippen LogP contribution in [0.1, 0.15) is 103 Å². The van der Waals surface area contributed by atoms with Gasteiger partial charge in [-0.3, -0.25) is 20.0 Å². The van der Waals surface area contributed by atoms with Crippen LogP contribution in [0, 0.1) is 47.0 Å². The summed E-state index contributed by atoms with van der Waals surface area (Å²) in [4.78, 5) is 19.8. The molecular weight excluding hydrogens is 817 g/mol. The second kappa shape index (κ2) is 15.9. The van der Waals surface area contributed by atoms with E-state index < -0.39 is 47.2 Å². The molecule has 10 bridgehead atoms. The minimum absolute atomic E-state index is 0.0243. The number of carbonyl (C=O) groups is 1. The number of Topliss-reactive ketones (excluding diaryl/α,β-unsaturated/α-hetero) is 1. The van der Waals surface area contributed by atoms with E-state index in [0.29, 0.717) is 43.2 Å². The lowest BCUT2D eigenvalue weighted by molar-refractivity contribution is -0.888. The highest BCUT2D eigenvalue weighted by Crippen LogP contribution is 2.54. The van der Waals surface area contributed by atoms with Crippen molar-refractivity contribution >= 4 is 33.1 Å². The average molecular weight is 870 g/mol. The molecule has 0 amide bonds. The molecule has 2 aromatic carbocycles. The van der Waals surface area contributed by atoms with Gasteiger partial charge in [0.25, 0.3) is 6.23 Å². The van der Waals surface area contributed by atoms with Gasteiger partial charge in [0.1, 0.15) is 42.4 Å². The summed E-state index contributed by atoms with van der Waals surface area (Å²) in [6.45, 7) is 3.29. The average Bonchev–Trinajstić information content (AvgIpc) is 4.01. The fourth-order valence-electron chi connectivity index (χ4n) is 11.7. The van der Waals surface area contributed by atoms with E-state index in [9.17, 15) is 20.1 Å². The maximum atomic E-state index is 13.6. The summed E-state index contributed by atoms with van der Waals surface area (Å²) in [5.41, 5.74) is 15.2. The number of ketones is 1. The number of nitrogens with one attached hydrogen (secondary N) is 2. The Morgan fingerprint density at radius 1 is 1.11 bits per heavy atom. The molecule has 11 atom stereocenters. The van der Waals surface area contributed by atoms with Gasteiger partial charge in [0, 0.05) is 59.9 Å². The van der Waals surface area contributed by atoms with Gasteiger partial charge in [-0.05, 0) is 71.1 Å². The van der Waals surface area contributed by atoms with Crippen LogP contribution < -0.4 is 25.4 Å². The third kappa shape index (κ3) is 6.76. The van der Waals surface area contributed by atoms with E-state index in [4.69, 9.17) is 20.2 Å². The number of carbonyl (C=O) groups excluding carboxylic acids is 1. The number of nitrogens with two attached hydrogens (primary N) is 1. The number of hydrogen-bond donors (Lipinski definition) is 6. The van der Waals surface area contributed by atoms with Crippen LogP contribution >= 0.6 is 21.6 Å². The molecular formula is C50H53N4O6S2+. The molecule has 2 spiro atoms. The molecule has 0 saturated heterocycles. The van der Waals surface area contributed by atoms with Gasteiger partial charge in [0.2, 0.25) is 0 Å². The zero-order chi connectivity index (χ0) is 42.3. The lowest BCUT2D eigenvalue weighted by Crippen LogP contribution is -3.13. The molecule has 11 unspecified atom stereocenters. The van der Waals surface area contributed by atoms with E-state index in [1.165, 1.54) is 5.56 Å². The molecule has 13 rings (SSSR count). The summed E-state index contributed by atoms with van der Waals surface area (Å²) in [7, 11) is 3.55. The summed E-state index contributed by atoms with van der Waals surface area (Å²) in [5, 5.41) is 37.8. The lowest BCUT2D eigenvalue weighted by Gasteiger charge is -2.45. The van der Waals surface area contributed by atoms with Crippen molar-refractivity contribution in [3.8, 4) is 35.4 Å². The largest absolute Gasteiger partial charge is 0.437 e. The summed E-state index contributed by atoms with van der Waals surface area (Å²) >= 11 is 0. The molecule has 1 fully saturated rings. The third-order valence-corrected chi connectivity index (χ3v) is 17.5. The number of allylic oxidation sites excluding steroid dienone is 3. The van der Waals surface area contributed by atoms with E-state index in [0.717, 1.165) is 81.0 Å². The van der Waals surface area contributed by atoms with Crippen LogP contribution in [0.2, 0.25) is 0 Å². The SMILES string of the molecule is CC1C=CC(C(O)CC(=O)CCc2ccc3c4c2CSSCC25C=CC6C7=CN=C8C[NH+](C=C78)C(O4)C(C#CC(O)c4ccc(c2c46)C(N)NC5)C2(C#CO3)CCCC2)C(O)C1. The molecule has 7 N–H and O–H groups in total. The fraction of sp³-hybridized carbons (Fsp3) is 0.480. The summed E-state index contributed by atoms with van der Waals surface area (Å²) in [5.74, 6) is 12.3. The number of hydrogen-bond acceptors (Lipinski definition) is 11. The zero-order valence-corrected chi connectivity index (χ0v) is 36.5. The van der Waals surface area contributed by atoms with E-state index in [1.54, 1.807) is 21.6 Å². The first kappa shape index (κ1) is 40.7. The Morgan fingerprint density at radius 2 is 1.97 bits per heavy atom. The Balaban J connectivity index is 1.05. The molecule has 12 heteroatoms. The first-order valence-electron chi connectivity index (χ1n) is 22.3. The normalized spacial score (nSPS) is 34.4. The summed E-state index contributed by atoms with van der Waals surface area (Å²) in [6, 6.07) is 8.08. The summed E-state index contributed by atoms with van der Waals surface area (Å²) < 4.78 is 13.9. The predicted molar refractivity (Wildman–Crippen MR) is 241 cm³/mol. The van der Waals surface area contributed by atoms with Crippen molar-refractivity contribution in [2.75, 3.05) is 18.8 Å². The van der Waals surface area contributed by atoms with Gasteiger partial charge in [-0.15, -0.1) is 0 Å². The number of aliphatic imine (C=N–C) groups is 1. The van der Waals surface area contributed by atoms with Gasteiger partial charge in [-0.1, -0.05) is 102 Å². The molecule has 62 heavy (non-hydrogen) atoms. The van der Waals surface area contributed by atoms with Crippen molar-refractivity contribution in [2.45, 2.75) is 106 Å². The predicted octanol–water partition coefficient (Wildman–Crippen LogP) is 4.97. The molecule has 2 aromatic rings. The highest BCUT2D eigenvalue weighted by Gasteiger charge is 2.53. The number of aryl methyl sites for hydroxylation is 1. The molecule has 0 aromatic heterocycles. The van der Waals surface area contributed by atoms with Gasteiger partial charge in [0.15, 0.2) is 11.5 Å². The topological polar surface area (TPSA) is 151 Å². The zero-order valence-electron chi connectivity index (χ0n) is 34.9. The van der Waals surface area contributed by atoms with Gasteiger partial charge in [0.05, 0.1) is 29.4 Å². The molecule has 8 aliphatic heterocycles. The third-order valence-electron chi connectivity index (χ3n) is 15.1. The second-order valence-corrected chi connectivity index (χ2v) is 21.3. The molecule has 10 nitrogen and oxygen atoms in total. The Bertz CT molecular complexity index is 2520. The number of quaternary nitrogens is 1. The van der Waals surface area contributed by atoms with E-state index in [2.05, 4.69) is 53.6 Å². The molecule has 0 radical (unpaired) electrons. The quantitative estimate of drug-likeness (QED) is 0.134. The van der Waals surface area contributed by atoms with Crippen LogP contribution in [-0.2, 0) is 22.4 Å². The van der Waals surface area contributed by atoms with Crippen molar-refractivity contribution in [2.24, 2.45) is 33.9 Å². The molecule has 8 heterocycles. The van der Waals surface area contributed by atoms with Crippen molar-refractivity contribution in [3.63, 3.8) is 0 Å². The molecule has 3 aliphatic carbocycles. The highest BCUT2D eigenvalue weighted by molar-refractivity contribution is 8.76. The molecule has 320 valence electrons. The minimum atomic E-state index is -1.07. The number of aliphatic hydroxyl groups is 3. The molecule has 11 aliphatic rings. The number of benzene rings is 2. The molecule has 1 saturated carbocycles. The van der Waals surface area contributed by atoms with E-state index >= 15 is 0 Å². The Kier molecular flexibility index (Phi) is 10.4. The Hall–Kier alpha value is -4.08. The van der Waals surface area contributed by atoms with E-state index in [1.807, 2.05) is 43.5 Å². The van der Waals surface area contributed by atoms with Crippen LogP contribution in [0.3, 0.4) is 0 Å². The number of aliphatic hydroxyl groups excluding tert-OH is 3. The first-order chi connectivity index (χ1) is 30.1. The Morgan fingerprint density at radius 3 is 2.82 bits per heavy atom. The van der Waals surface area contributed by atoms with Crippen molar-refractivity contribution < 1.29 is 34.5 Å². The monoisotopic (exact) mass is 869 g/mol. The smallest absolute Gasteiger partial charge is 0.252 e. The van der Waals surface area contributed by atoms with Crippen molar-refractivity contribution in [1.82, 2.24) is 5.32 Å². The van der Waals surface area contributed by atoms with Crippen LogP contribution in [0.25, 0.3) is 0 Å². The maximum Gasteiger partial charge on any atom is 0.252 e.